The van der Waals surface area contributed by atoms with Gasteiger partial charge in [0.25, 0.3) is 0 Å². The van der Waals surface area contributed by atoms with E-state index in [0.29, 0.717) is 6.42 Å². The van der Waals surface area contributed by atoms with Crippen molar-refractivity contribution in [3.63, 3.8) is 0 Å². The molecule has 0 radical (unpaired) electrons. The first-order valence-corrected chi connectivity index (χ1v) is 6.36. The monoisotopic (exact) mass is 279 g/mol. The molecular weight excluding hydrogens is 262 g/mol. The standard InChI is InChI=1S/C14H17NO5/c1-19-13(17)12-11(16)7-8-15(12)14(18)20-9-10-5-3-2-4-6-10/h2-6,11-12,16H,7-9H2,1H3/t11-,12-/m1/s1. The molecule has 0 unspecified atom stereocenters. The molecule has 1 heterocycles. The zero-order chi connectivity index (χ0) is 14.5. The number of hydrogen-bond donors (Lipinski definition) is 1. The number of benzene rings is 1. The van der Waals surface area contributed by atoms with Gasteiger partial charge in [-0.2, -0.15) is 0 Å². The molecule has 0 aliphatic carbocycles. The maximum atomic E-state index is 12.0. The van der Waals surface area contributed by atoms with Crippen molar-refractivity contribution in [3.05, 3.63) is 35.9 Å². The summed E-state index contributed by atoms with van der Waals surface area (Å²) in [6.45, 7) is 0.398. The molecule has 6 nitrogen and oxygen atoms in total. The van der Waals surface area contributed by atoms with Crippen molar-refractivity contribution in [2.24, 2.45) is 0 Å². The van der Waals surface area contributed by atoms with Crippen LogP contribution < -0.4 is 0 Å². The third-order valence-corrected chi connectivity index (χ3v) is 3.25. The summed E-state index contributed by atoms with van der Waals surface area (Å²) < 4.78 is 9.75. The van der Waals surface area contributed by atoms with Crippen LogP contribution in [0.3, 0.4) is 0 Å². The van der Waals surface area contributed by atoms with Gasteiger partial charge in [0.1, 0.15) is 6.61 Å². The van der Waals surface area contributed by atoms with E-state index in [1.54, 1.807) is 0 Å². The average Bonchev–Trinajstić information content (AvgIpc) is 2.87. The first-order chi connectivity index (χ1) is 9.63. The molecular formula is C14H17NO5. The van der Waals surface area contributed by atoms with Crippen LogP contribution in [0.5, 0.6) is 0 Å². The second-order valence-corrected chi connectivity index (χ2v) is 4.56. The quantitative estimate of drug-likeness (QED) is 0.833. The lowest BCUT2D eigenvalue weighted by Gasteiger charge is -2.23. The molecule has 6 heteroatoms. The highest BCUT2D eigenvalue weighted by atomic mass is 16.6. The number of esters is 1. The first kappa shape index (κ1) is 14.3. The lowest BCUT2D eigenvalue weighted by Crippen LogP contribution is -2.45. The highest BCUT2D eigenvalue weighted by molar-refractivity contribution is 5.82. The van der Waals surface area contributed by atoms with Crippen LogP contribution in [-0.4, -0.2) is 47.9 Å². The van der Waals surface area contributed by atoms with E-state index in [1.165, 1.54) is 12.0 Å². The van der Waals surface area contributed by atoms with E-state index in [1.807, 2.05) is 30.3 Å². The molecule has 0 spiro atoms. The summed E-state index contributed by atoms with van der Waals surface area (Å²) in [5, 5.41) is 9.74. The Balaban J connectivity index is 1.96. The van der Waals surface area contributed by atoms with E-state index in [9.17, 15) is 14.7 Å². The zero-order valence-electron chi connectivity index (χ0n) is 11.2. The van der Waals surface area contributed by atoms with Crippen LogP contribution in [0.15, 0.2) is 30.3 Å². The summed E-state index contributed by atoms with van der Waals surface area (Å²) in [6, 6.07) is 8.26. The predicted octanol–water partition coefficient (Wildman–Crippen LogP) is 0.931. The van der Waals surface area contributed by atoms with Crippen LogP contribution in [0, 0.1) is 0 Å². The summed E-state index contributed by atoms with van der Waals surface area (Å²) in [4.78, 5) is 24.8. The minimum Gasteiger partial charge on any atom is -0.467 e. The highest BCUT2D eigenvalue weighted by Gasteiger charge is 2.42. The van der Waals surface area contributed by atoms with Crippen LogP contribution in [-0.2, 0) is 20.9 Å². The second-order valence-electron chi connectivity index (χ2n) is 4.56. The molecule has 0 bridgehead atoms. The number of nitrogens with zero attached hydrogens (tertiary/aromatic N) is 1. The van der Waals surface area contributed by atoms with E-state index >= 15 is 0 Å². The fraction of sp³-hybridized carbons (Fsp3) is 0.429. The summed E-state index contributed by atoms with van der Waals surface area (Å²) in [7, 11) is 1.22. The lowest BCUT2D eigenvalue weighted by molar-refractivity contribution is -0.148. The van der Waals surface area contributed by atoms with Gasteiger partial charge in [0.05, 0.1) is 13.2 Å². The molecule has 0 aromatic heterocycles. The van der Waals surface area contributed by atoms with Crippen molar-refractivity contribution in [1.29, 1.82) is 0 Å². The first-order valence-electron chi connectivity index (χ1n) is 6.36. The molecule has 2 rings (SSSR count). The van der Waals surface area contributed by atoms with Crippen molar-refractivity contribution in [2.75, 3.05) is 13.7 Å². The van der Waals surface area contributed by atoms with Crippen molar-refractivity contribution in [3.8, 4) is 0 Å². The Labute approximate surface area is 116 Å². The number of likely N-dealkylation sites (tertiary alicyclic amines) is 1. The van der Waals surface area contributed by atoms with Crippen LogP contribution in [0.1, 0.15) is 12.0 Å². The molecule has 0 saturated carbocycles. The Morgan fingerprint density at radius 3 is 2.70 bits per heavy atom. The molecule has 1 N–H and O–H groups in total. The Morgan fingerprint density at radius 1 is 1.35 bits per heavy atom. The van der Waals surface area contributed by atoms with Crippen LogP contribution in [0.2, 0.25) is 0 Å². The Bertz CT molecular complexity index is 476. The van der Waals surface area contributed by atoms with Gasteiger partial charge in [0, 0.05) is 6.54 Å². The number of carbonyl (C=O) groups is 2. The number of hydrogen-bond acceptors (Lipinski definition) is 5. The minimum absolute atomic E-state index is 0.125. The fourth-order valence-electron chi connectivity index (χ4n) is 2.19. The number of ether oxygens (including phenoxy) is 2. The number of methoxy groups -OCH3 is 1. The Hall–Kier alpha value is -2.08. The number of amides is 1. The van der Waals surface area contributed by atoms with Gasteiger partial charge >= 0.3 is 12.1 Å². The summed E-state index contributed by atoms with van der Waals surface area (Å²) >= 11 is 0. The molecule has 1 aromatic carbocycles. The normalized spacial score (nSPS) is 21.6. The molecule has 1 fully saturated rings. The third-order valence-electron chi connectivity index (χ3n) is 3.25. The largest absolute Gasteiger partial charge is 0.467 e. The van der Waals surface area contributed by atoms with Gasteiger partial charge in [0.15, 0.2) is 6.04 Å². The Morgan fingerprint density at radius 2 is 2.05 bits per heavy atom. The molecule has 1 aromatic rings. The summed E-state index contributed by atoms with van der Waals surface area (Å²) in [5.74, 6) is -0.633. The molecule has 20 heavy (non-hydrogen) atoms. The summed E-state index contributed by atoms with van der Waals surface area (Å²) in [5.41, 5.74) is 0.857. The molecule has 2 atom stereocenters. The average molecular weight is 279 g/mol. The van der Waals surface area contributed by atoms with Gasteiger partial charge in [-0.15, -0.1) is 0 Å². The van der Waals surface area contributed by atoms with Crippen LogP contribution in [0.4, 0.5) is 4.79 Å². The van der Waals surface area contributed by atoms with Gasteiger partial charge in [0.2, 0.25) is 0 Å². The minimum atomic E-state index is -0.983. The van der Waals surface area contributed by atoms with E-state index in [-0.39, 0.29) is 13.2 Å². The molecule has 1 amide bonds. The number of carbonyl (C=O) groups excluding carboxylic acids is 2. The number of aliphatic hydroxyl groups excluding tert-OH is 1. The highest BCUT2D eigenvalue weighted by Crippen LogP contribution is 2.20. The molecule has 1 aliphatic heterocycles. The van der Waals surface area contributed by atoms with Gasteiger partial charge < -0.3 is 14.6 Å². The smallest absolute Gasteiger partial charge is 0.410 e. The van der Waals surface area contributed by atoms with Crippen molar-refractivity contribution in [2.45, 2.75) is 25.2 Å². The van der Waals surface area contributed by atoms with Gasteiger partial charge in [-0.1, -0.05) is 30.3 Å². The maximum Gasteiger partial charge on any atom is 0.410 e. The van der Waals surface area contributed by atoms with Crippen LogP contribution in [0.25, 0.3) is 0 Å². The van der Waals surface area contributed by atoms with E-state index in [4.69, 9.17) is 4.74 Å². The fourth-order valence-corrected chi connectivity index (χ4v) is 2.19. The van der Waals surface area contributed by atoms with Crippen molar-refractivity contribution in [1.82, 2.24) is 4.90 Å². The predicted molar refractivity (Wildman–Crippen MR) is 69.8 cm³/mol. The van der Waals surface area contributed by atoms with Crippen LogP contribution >= 0.6 is 0 Å². The van der Waals surface area contributed by atoms with E-state index in [0.717, 1.165) is 5.56 Å². The van der Waals surface area contributed by atoms with E-state index < -0.39 is 24.2 Å². The zero-order valence-corrected chi connectivity index (χ0v) is 11.2. The number of aliphatic hydroxyl groups is 1. The van der Waals surface area contributed by atoms with Crippen molar-refractivity contribution >= 4 is 12.1 Å². The molecule has 1 saturated heterocycles. The summed E-state index contributed by atoms with van der Waals surface area (Å²) in [6.07, 6.45) is -1.20. The molecule has 108 valence electrons. The third kappa shape index (κ3) is 3.08. The van der Waals surface area contributed by atoms with Gasteiger partial charge in [-0.3, -0.25) is 4.90 Å². The lowest BCUT2D eigenvalue weighted by atomic mass is 10.2. The van der Waals surface area contributed by atoms with E-state index in [2.05, 4.69) is 4.74 Å². The number of rotatable bonds is 3. The second kappa shape index (κ2) is 6.38. The van der Waals surface area contributed by atoms with Gasteiger partial charge in [-0.05, 0) is 12.0 Å². The van der Waals surface area contributed by atoms with Crippen molar-refractivity contribution < 1.29 is 24.2 Å². The maximum absolute atomic E-state index is 12.0. The molecule has 1 aliphatic rings. The van der Waals surface area contributed by atoms with Gasteiger partial charge in [-0.25, -0.2) is 9.59 Å². The Kier molecular flexibility index (Phi) is 4.57. The topological polar surface area (TPSA) is 76.1 Å². The SMILES string of the molecule is COC(=O)[C@H]1[C@H](O)CCN1C(=O)OCc1ccccc1.